The fourth-order valence-electron chi connectivity index (χ4n) is 13.5. The molecule has 4 aromatic heterocycles. The number of hydrogen-bond donors (Lipinski definition) is 0. The van der Waals surface area contributed by atoms with Crippen LogP contribution in [0.25, 0.3) is 45.3 Å². The van der Waals surface area contributed by atoms with Crippen molar-refractivity contribution in [1.29, 1.82) is 21.0 Å². The van der Waals surface area contributed by atoms with Crippen LogP contribution in [0.4, 0.5) is 4.39 Å². The lowest BCUT2D eigenvalue weighted by Gasteiger charge is -2.24. The molecule has 24 nitrogen and oxygen atoms in total. The third-order valence-electron chi connectivity index (χ3n) is 20.5. The molecule has 4 aromatic carbocycles. The number of carbonyl (C=O) groups excluding carboxylic acids is 4. The van der Waals surface area contributed by atoms with Crippen molar-refractivity contribution in [3.63, 3.8) is 0 Å². The minimum absolute atomic E-state index is 0.0115. The summed E-state index contributed by atoms with van der Waals surface area (Å²) >= 11 is 27.4. The number of rotatable bonds is 25. The number of carbonyl (C=O) groups is 4. The van der Waals surface area contributed by atoms with Crippen molar-refractivity contribution in [2.45, 2.75) is 230 Å². The maximum Gasteiger partial charge on any atom is 0.340 e. The summed E-state index contributed by atoms with van der Waals surface area (Å²) < 4.78 is 64.0. The maximum absolute atomic E-state index is 12.7. The fraction of sp³-hybridized carbons (Fsp3) is 0.458. The fourth-order valence-corrected chi connectivity index (χ4v) is 14.8. The lowest BCUT2D eigenvalue weighted by Crippen LogP contribution is -2.26. The van der Waals surface area contributed by atoms with Crippen LogP contribution in [0.5, 0.6) is 0 Å². The van der Waals surface area contributed by atoms with Gasteiger partial charge >= 0.3 is 23.9 Å². The molecular formula is C96H115Cl4FN12O12S. The Morgan fingerprint density at radius 3 is 0.802 bits per heavy atom. The second-order valence-corrected chi connectivity index (χ2v) is 37.2. The molecule has 0 amide bonds. The van der Waals surface area contributed by atoms with Crippen molar-refractivity contribution >= 4 is 127 Å². The number of nitrogens with zero attached hydrogens (tertiary/aromatic N) is 12. The molecular weight excluding hydrogens is 1710 g/mol. The highest BCUT2D eigenvalue weighted by Gasteiger charge is 2.36. The number of alkyl halides is 1. The van der Waals surface area contributed by atoms with E-state index in [1.165, 1.54) is 23.4 Å². The molecule has 672 valence electrons. The van der Waals surface area contributed by atoms with E-state index in [-0.39, 0.29) is 85.4 Å². The molecule has 10 rings (SSSR count). The summed E-state index contributed by atoms with van der Waals surface area (Å²) in [6.07, 6.45) is 4.54. The molecule has 30 heteroatoms. The Bertz CT molecular complexity index is 5520. The summed E-state index contributed by atoms with van der Waals surface area (Å²) in [4.78, 5) is 48.0. The van der Waals surface area contributed by atoms with Gasteiger partial charge in [-0.1, -0.05) is 246 Å². The van der Waals surface area contributed by atoms with Gasteiger partial charge in [-0.3, -0.25) is 33.1 Å². The first-order valence-corrected chi connectivity index (χ1v) is 44.2. The first kappa shape index (κ1) is 102. The monoisotopic (exact) mass is 1820 g/mol. The van der Waals surface area contributed by atoms with Gasteiger partial charge in [0, 0.05) is 55.9 Å². The Morgan fingerprint density at radius 1 is 0.389 bits per heavy atom. The summed E-state index contributed by atoms with van der Waals surface area (Å²) in [6, 6.07) is 39.7. The predicted octanol–water partition coefficient (Wildman–Crippen LogP) is 22.2. The molecule has 2 aliphatic rings. The molecule has 2 saturated carbocycles. The number of nitriles is 4. The van der Waals surface area contributed by atoms with Crippen LogP contribution in [0, 0.1) is 84.9 Å². The average molecular weight is 1820 g/mol. The smallest absolute Gasteiger partial charge is 0.340 e. The lowest BCUT2D eigenvalue weighted by atomic mass is 9.86. The largest absolute Gasteiger partial charge is 0.451 e. The highest BCUT2D eigenvalue weighted by Crippen LogP contribution is 2.42. The molecule has 0 aliphatic heterocycles. The third kappa shape index (κ3) is 27.1. The summed E-state index contributed by atoms with van der Waals surface area (Å²) in [5.74, 6) is -1.19. The van der Waals surface area contributed by atoms with Gasteiger partial charge in [-0.15, -0.1) is 0 Å². The summed E-state index contributed by atoms with van der Waals surface area (Å²) in [7, 11) is 6.86. The van der Waals surface area contributed by atoms with Crippen LogP contribution >= 0.6 is 58.2 Å². The van der Waals surface area contributed by atoms with E-state index in [1.54, 1.807) is 90.7 Å². The number of benzene rings is 4. The quantitative estimate of drug-likeness (QED) is 0.0169. The van der Waals surface area contributed by atoms with E-state index < -0.39 is 43.8 Å². The molecule has 4 heterocycles. The zero-order chi connectivity index (χ0) is 93.9. The van der Waals surface area contributed by atoms with E-state index >= 15 is 0 Å². The topological polar surface area (TPSA) is 309 Å². The number of ether oxygens (including phenoxy) is 8. The van der Waals surface area contributed by atoms with Crippen LogP contribution in [-0.2, 0) is 107 Å². The number of aromatic nitrogens is 8. The van der Waals surface area contributed by atoms with E-state index in [0.29, 0.717) is 99.0 Å². The highest BCUT2D eigenvalue weighted by atomic mass is 35.5. The molecule has 8 aromatic rings. The second-order valence-electron chi connectivity index (χ2n) is 34.8. The van der Waals surface area contributed by atoms with Gasteiger partial charge in [-0.05, 0) is 126 Å². The first-order chi connectivity index (χ1) is 59.0. The third-order valence-corrected chi connectivity index (χ3v) is 22.8. The van der Waals surface area contributed by atoms with Crippen LogP contribution in [0.15, 0.2) is 97.1 Å². The number of aryl methyl sites for hydroxylation is 8. The van der Waals surface area contributed by atoms with Gasteiger partial charge in [-0.25, -0.2) is 9.18 Å². The molecule has 0 N–H and O–H groups in total. The standard InChI is InChI=1S/C27H34ClN3O3.C24H28ClN3O3.C23H28ClN3O3S.C22H25ClFN3O3/c1-17-23(28)24(31(6)30-17)25(33-18(2)34-26(32)20-10-8-7-9-11-20)22(16-29)19-12-14-21(15-13-19)27(3,4)5;1-14-20(25)21(28(6)27-14)22(30-15(2)31-23(29)17-7-8-17)19(13-26)16-9-11-18(12-10-16)24(3,4)5;1-14-20(24)21(27(6)26-14)22(30-15(2)29-19(28)13-31-7)18(12-25)16-8-10-17(11-9-16)23(3,4)5;1-13-19(23)20(27(6)26-13)21(30-14(2)29-18(28)11-24)17(12-25)15-7-9-16(10-8-15)22(3,4)5/h12-15,18,20H,7-11H2,1-6H3;9-12,15,17H,7-8H2,1-6H3;8-11,15H,13H2,1-7H3;7-10,14H,11H2,1-6H3/b25-22-;22-19-;22-18-;21-17-. The van der Waals surface area contributed by atoms with Crippen molar-refractivity contribution in [2.24, 2.45) is 40.0 Å². The summed E-state index contributed by atoms with van der Waals surface area (Å²) in [5, 5.41) is 59.0. The van der Waals surface area contributed by atoms with Gasteiger partial charge < -0.3 is 37.9 Å². The number of halogens is 5. The van der Waals surface area contributed by atoms with Gasteiger partial charge in [-0.2, -0.15) is 53.2 Å². The van der Waals surface area contributed by atoms with Crippen molar-refractivity contribution in [3.8, 4) is 24.3 Å². The Balaban J connectivity index is 0.000000231. The number of hydrogen-bond acceptors (Lipinski definition) is 21. The average Bonchev–Trinajstić information content (AvgIpc) is 1.61. The number of thioether (sulfide) groups is 1. The molecule has 0 spiro atoms. The van der Waals surface area contributed by atoms with Gasteiger partial charge in [0.25, 0.3) is 0 Å². The summed E-state index contributed by atoms with van der Waals surface area (Å²) in [6.45, 7) is 37.6. The van der Waals surface area contributed by atoms with Crippen LogP contribution < -0.4 is 0 Å². The minimum Gasteiger partial charge on any atom is -0.451 e. The molecule has 4 atom stereocenters. The van der Waals surface area contributed by atoms with Crippen molar-refractivity contribution in [3.05, 3.63) is 207 Å². The molecule has 2 aliphatic carbocycles. The second kappa shape index (κ2) is 44.5. The molecule has 0 radical (unpaired) electrons. The highest BCUT2D eigenvalue weighted by molar-refractivity contribution is 7.99. The van der Waals surface area contributed by atoms with Crippen molar-refractivity contribution in [2.75, 3.05) is 18.7 Å². The van der Waals surface area contributed by atoms with Crippen molar-refractivity contribution < 1.29 is 61.5 Å². The summed E-state index contributed by atoms with van der Waals surface area (Å²) in [5.41, 5.74) is 12.3. The lowest BCUT2D eigenvalue weighted by molar-refractivity contribution is -0.170. The van der Waals surface area contributed by atoms with Crippen LogP contribution in [-0.4, -0.2) is 107 Å². The van der Waals surface area contributed by atoms with E-state index in [9.17, 15) is 44.6 Å². The minimum atomic E-state index is -1.28. The van der Waals surface area contributed by atoms with E-state index in [4.69, 9.17) is 84.3 Å². The van der Waals surface area contributed by atoms with E-state index in [0.717, 1.165) is 67.2 Å². The molecule has 0 bridgehead atoms. The van der Waals surface area contributed by atoms with Crippen molar-refractivity contribution in [1.82, 2.24) is 39.1 Å². The van der Waals surface area contributed by atoms with Gasteiger partial charge in [0.15, 0.2) is 29.7 Å². The van der Waals surface area contributed by atoms with Crippen LogP contribution in [0.1, 0.15) is 246 Å². The molecule has 0 saturated heterocycles. The Hall–Kier alpha value is -10.8. The van der Waals surface area contributed by atoms with Crippen LogP contribution in [0.3, 0.4) is 0 Å². The molecule has 4 unspecified atom stereocenters. The molecule has 126 heavy (non-hydrogen) atoms. The van der Waals surface area contributed by atoms with Crippen LogP contribution in [0.2, 0.25) is 20.1 Å². The molecule has 2 fully saturated rings. The SMILES string of the molecule is CSCC(=O)OC(C)O/C(=C(/C#N)c1ccc(C(C)(C)C)cc1)c1c(Cl)c(C)nn1C.Cc1nn(C)c(/C(OC(C)OC(=O)C2CC2)=C(\C#N)c2ccc(C(C)(C)C)cc2)c1Cl.Cc1nn(C)c(/C(OC(C)OC(=O)C2CCCCC2)=C(\C#N)c2ccc(C(C)(C)C)cc2)c1Cl.Cc1nn(C)c(/C(OC(C)OC(=O)CF)=C(\C#N)c2ccc(C(C)(C)C)cc2)c1Cl. The predicted molar refractivity (Wildman–Crippen MR) is 492 cm³/mol. The van der Waals surface area contributed by atoms with Gasteiger partial charge in [0.2, 0.25) is 25.2 Å². The van der Waals surface area contributed by atoms with E-state index in [1.807, 2.05) is 103 Å². The zero-order valence-electron chi connectivity index (χ0n) is 76.6. The van der Waals surface area contributed by atoms with Gasteiger partial charge in [0.1, 0.15) is 69.3 Å². The normalized spacial score (nSPS) is 14.7. The first-order valence-electron chi connectivity index (χ1n) is 41.3. The Labute approximate surface area is 764 Å². The maximum atomic E-state index is 12.7. The number of esters is 4. The van der Waals surface area contributed by atoms with E-state index in [2.05, 4.69) is 128 Å². The Kier molecular flexibility index (Phi) is 36.1. The Morgan fingerprint density at radius 2 is 0.611 bits per heavy atom. The zero-order valence-corrected chi connectivity index (χ0v) is 80.5. The van der Waals surface area contributed by atoms with Gasteiger partial charge in [0.05, 0.1) is 60.5 Å². The number of allylic oxidation sites excluding steroid dienone is 4.